The van der Waals surface area contributed by atoms with E-state index in [0.717, 1.165) is 0 Å². The molecule has 0 saturated heterocycles. The third-order valence-electron chi connectivity index (χ3n) is 5.08. The zero-order valence-electron chi connectivity index (χ0n) is 25.0. The van der Waals surface area contributed by atoms with E-state index in [2.05, 4.69) is 46.7 Å². The maximum absolute atomic E-state index is 12.9. The molecular weight excluding hydrogens is 584 g/mol. The number of alkyl carbamates (subject to hydrolysis) is 2. The molecule has 15 heteroatoms. The third kappa shape index (κ3) is 17.5. The summed E-state index contributed by atoms with van der Waals surface area (Å²) in [6.45, 7) is 11.5. The van der Waals surface area contributed by atoms with E-state index in [1.54, 1.807) is 66.6 Å². The van der Waals surface area contributed by atoms with Crippen molar-refractivity contribution in [3.05, 3.63) is 40.3 Å². The normalized spacial score (nSPS) is 12.7. The van der Waals surface area contributed by atoms with E-state index < -0.39 is 35.8 Å². The van der Waals surface area contributed by atoms with Crippen molar-refractivity contribution in [1.29, 1.82) is 0 Å². The van der Waals surface area contributed by atoms with E-state index in [9.17, 15) is 24.3 Å². The van der Waals surface area contributed by atoms with Crippen molar-refractivity contribution in [2.45, 2.75) is 96.3 Å². The van der Waals surface area contributed by atoms with Crippen LogP contribution in [0.5, 0.6) is 0 Å². The lowest BCUT2D eigenvalue weighted by atomic mass is 10.1. The highest BCUT2D eigenvalue weighted by Crippen LogP contribution is 2.35. The number of carboxylic acid groups (broad SMARTS) is 1. The number of rotatable bonds is 16. The monoisotopic (exact) mass is 626 g/mol. The standard InChI is InChI=1S/C27H42N6O7S2/c1-26(2,3)40-25(38)31-21(23(35)36)9-7-8-15-29-22(34)20(14-16-41-42-27(4,5)6)30-24(37)39-17-18-10-12-19(13-11-18)32-33-28/h10-13,20-21H,7-9,14-17H2,1-6H3,(H,29,34)(H,30,37)(H,31,38)(H,35,36)/t20-,21-/m0/s1. The summed E-state index contributed by atoms with van der Waals surface area (Å²) in [6.07, 6.45) is -0.149. The summed E-state index contributed by atoms with van der Waals surface area (Å²) in [6, 6.07) is 4.58. The van der Waals surface area contributed by atoms with E-state index in [4.69, 9.17) is 15.0 Å². The van der Waals surface area contributed by atoms with Crippen molar-refractivity contribution < 1.29 is 33.8 Å². The summed E-state index contributed by atoms with van der Waals surface area (Å²) >= 11 is 0. The second kappa shape index (κ2) is 18.3. The van der Waals surface area contributed by atoms with Crippen molar-refractivity contribution in [3.63, 3.8) is 0 Å². The molecule has 0 aliphatic rings. The number of aliphatic carboxylic acids is 1. The minimum Gasteiger partial charge on any atom is -0.480 e. The summed E-state index contributed by atoms with van der Waals surface area (Å²) < 4.78 is 10.4. The minimum absolute atomic E-state index is 0.0343. The quantitative estimate of drug-likeness (QED) is 0.0555. The van der Waals surface area contributed by atoms with Crippen molar-refractivity contribution in [2.24, 2.45) is 5.11 Å². The van der Waals surface area contributed by atoms with Crippen LogP contribution in [0.2, 0.25) is 0 Å². The van der Waals surface area contributed by atoms with Gasteiger partial charge < -0.3 is 30.5 Å². The fraction of sp³-hybridized carbons (Fsp3) is 0.630. The highest BCUT2D eigenvalue weighted by Gasteiger charge is 2.24. The highest BCUT2D eigenvalue weighted by atomic mass is 33.1. The second-order valence-electron chi connectivity index (χ2n) is 11.3. The zero-order valence-corrected chi connectivity index (χ0v) is 26.6. The van der Waals surface area contributed by atoms with Gasteiger partial charge in [-0.15, -0.1) is 0 Å². The smallest absolute Gasteiger partial charge is 0.408 e. The highest BCUT2D eigenvalue weighted by molar-refractivity contribution is 8.77. The Hall–Kier alpha value is -3.29. The first-order chi connectivity index (χ1) is 19.6. The molecule has 3 amide bonds. The molecule has 0 saturated carbocycles. The average Bonchev–Trinajstić information content (AvgIpc) is 2.87. The summed E-state index contributed by atoms with van der Waals surface area (Å²) in [7, 11) is 3.28. The molecule has 1 aromatic rings. The number of hydrogen-bond acceptors (Lipinski definition) is 9. The average molecular weight is 627 g/mol. The molecule has 0 radical (unpaired) electrons. The minimum atomic E-state index is -1.18. The number of unbranched alkanes of at least 4 members (excludes halogenated alkanes) is 1. The van der Waals surface area contributed by atoms with Crippen LogP contribution >= 0.6 is 21.6 Å². The lowest BCUT2D eigenvalue weighted by Gasteiger charge is -2.22. The first-order valence-corrected chi connectivity index (χ1v) is 15.8. The Kier molecular flexibility index (Phi) is 16.0. The van der Waals surface area contributed by atoms with Gasteiger partial charge in [-0.3, -0.25) is 4.79 Å². The van der Waals surface area contributed by atoms with E-state index in [1.807, 2.05) is 0 Å². The fourth-order valence-electron chi connectivity index (χ4n) is 3.21. The first-order valence-electron chi connectivity index (χ1n) is 13.5. The van der Waals surface area contributed by atoms with Gasteiger partial charge in [0.05, 0.1) is 0 Å². The van der Waals surface area contributed by atoms with E-state index in [0.29, 0.717) is 36.3 Å². The third-order valence-corrected chi connectivity index (χ3v) is 8.46. The van der Waals surface area contributed by atoms with Crippen LogP contribution in [0.3, 0.4) is 0 Å². The molecule has 0 aliphatic carbocycles. The van der Waals surface area contributed by atoms with Gasteiger partial charge in [0.15, 0.2) is 0 Å². The Morgan fingerprint density at radius 1 is 0.976 bits per heavy atom. The molecule has 42 heavy (non-hydrogen) atoms. The number of hydrogen-bond donors (Lipinski definition) is 4. The number of nitrogens with zero attached hydrogens (tertiary/aromatic N) is 3. The molecule has 2 atom stereocenters. The fourth-order valence-corrected chi connectivity index (χ4v) is 5.58. The van der Waals surface area contributed by atoms with Crippen molar-refractivity contribution in [2.75, 3.05) is 12.3 Å². The molecule has 234 valence electrons. The van der Waals surface area contributed by atoms with Crippen LogP contribution in [0.4, 0.5) is 15.3 Å². The number of carboxylic acids is 1. The van der Waals surface area contributed by atoms with Crippen LogP contribution in [0.1, 0.15) is 72.8 Å². The summed E-state index contributed by atoms with van der Waals surface area (Å²) in [4.78, 5) is 51.6. The molecule has 0 fully saturated rings. The molecular formula is C27H42N6O7S2. The zero-order chi connectivity index (χ0) is 31.8. The SMILES string of the molecule is CC(C)(C)OC(=O)N[C@@H](CCCCNC(=O)[C@H](CCSSC(C)(C)C)NC(=O)OCc1ccc(N=[N+]=[N-])cc1)C(=O)O. The van der Waals surface area contributed by atoms with Crippen LogP contribution in [0.15, 0.2) is 29.4 Å². The molecule has 0 aliphatic heterocycles. The summed E-state index contributed by atoms with van der Waals surface area (Å²) in [5.41, 5.74) is 8.86. The van der Waals surface area contributed by atoms with Crippen LogP contribution in [-0.4, -0.2) is 63.9 Å². The molecule has 0 heterocycles. The van der Waals surface area contributed by atoms with E-state index >= 15 is 0 Å². The molecule has 4 N–H and O–H groups in total. The predicted molar refractivity (Wildman–Crippen MR) is 164 cm³/mol. The number of carbonyl (C=O) groups excluding carboxylic acids is 3. The molecule has 0 spiro atoms. The number of benzene rings is 1. The van der Waals surface area contributed by atoms with E-state index in [1.165, 1.54) is 0 Å². The second-order valence-corrected chi connectivity index (χ2v) is 14.5. The first kappa shape index (κ1) is 36.7. The molecule has 0 unspecified atom stereocenters. The Morgan fingerprint density at radius 3 is 2.19 bits per heavy atom. The Morgan fingerprint density at radius 2 is 1.62 bits per heavy atom. The predicted octanol–water partition coefficient (Wildman–Crippen LogP) is 6.06. The maximum atomic E-state index is 12.9. The van der Waals surface area contributed by atoms with Gasteiger partial charge in [-0.25, -0.2) is 14.4 Å². The molecule has 1 rings (SSSR count). The lowest BCUT2D eigenvalue weighted by molar-refractivity contribution is -0.139. The lowest BCUT2D eigenvalue weighted by Crippen LogP contribution is -2.47. The van der Waals surface area contributed by atoms with Gasteiger partial charge in [0, 0.05) is 27.6 Å². The molecule has 0 bridgehead atoms. The van der Waals surface area contributed by atoms with Crippen molar-refractivity contribution in [3.8, 4) is 0 Å². The number of amides is 3. The van der Waals surface area contributed by atoms with Crippen molar-refractivity contribution in [1.82, 2.24) is 16.0 Å². The van der Waals surface area contributed by atoms with E-state index in [-0.39, 0.29) is 30.2 Å². The molecule has 13 nitrogen and oxygen atoms in total. The van der Waals surface area contributed by atoms with Gasteiger partial charge in [-0.2, -0.15) is 0 Å². The van der Waals surface area contributed by atoms with Crippen LogP contribution in [-0.2, 0) is 25.7 Å². The van der Waals surface area contributed by atoms with Gasteiger partial charge in [0.25, 0.3) is 0 Å². The number of ether oxygens (including phenoxy) is 2. The Balaban J connectivity index is 2.61. The van der Waals surface area contributed by atoms with Crippen LogP contribution in [0.25, 0.3) is 10.4 Å². The maximum Gasteiger partial charge on any atom is 0.408 e. The van der Waals surface area contributed by atoms with Gasteiger partial charge in [-0.05, 0) is 57.5 Å². The van der Waals surface area contributed by atoms with Gasteiger partial charge in [-0.1, -0.05) is 71.7 Å². The number of azide groups is 1. The Bertz CT molecular complexity index is 1080. The Labute approximate surface area is 254 Å². The largest absolute Gasteiger partial charge is 0.480 e. The number of nitrogens with one attached hydrogen (secondary N) is 3. The molecule has 1 aromatic carbocycles. The van der Waals surface area contributed by atoms with Crippen LogP contribution in [0, 0.1) is 0 Å². The summed E-state index contributed by atoms with van der Waals surface area (Å²) in [5.74, 6) is -0.948. The van der Waals surface area contributed by atoms with Gasteiger partial charge in [0.2, 0.25) is 5.91 Å². The number of carbonyl (C=O) groups is 4. The molecule has 0 aromatic heterocycles. The van der Waals surface area contributed by atoms with Crippen LogP contribution < -0.4 is 16.0 Å². The topological polar surface area (TPSA) is 192 Å². The van der Waals surface area contributed by atoms with Crippen molar-refractivity contribution >= 4 is 51.3 Å². The van der Waals surface area contributed by atoms with Gasteiger partial charge in [0.1, 0.15) is 24.3 Å². The summed E-state index contributed by atoms with van der Waals surface area (Å²) in [5, 5.41) is 20.7. The van der Waals surface area contributed by atoms with Gasteiger partial charge >= 0.3 is 18.2 Å².